The van der Waals surface area contributed by atoms with Gasteiger partial charge in [0.2, 0.25) is 5.84 Å². The lowest BCUT2D eigenvalue weighted by Crippen LogP contribution is -2.15. The molecule has 0 radical (unpaired) electrons. The standard InChI is InChI=1S/C4H6N4O/c5-3(8-6)4-7-1-2-9-4/h1-2H,6H2,(H2,5,8). The number of aromatic nitrogens is 1. The molecule has 9 heavy (non-hydrogen) atoms. The summed E-state index contributed by atoms with van der Waals surface area (Å²) in [5, 5.41) is 3.17. The molecule has 1 rings (SSSR count). The maximum atomic E-state index is 5.21. The quantitative estimate of drug-likeness (QED) is 0.224. The molecule has 4 N–H and O–H groups in total. The maximum Gasteiger partial charge on any atom is 0.264 e. The van der Waals surface area contributed by atoms with Gasteiger partial charge in [0.05, 0.1) is 6.20 Å². The van der Waals surface area contributed by atoms with E-state index < -0.39 is 0 Å². The topological polar surface area (TPSA) is 90.4 Å². The molecule has 0 saturated carbocycles. The van der Waals surface area contributed by atoms with Gasteiger partial charge in [0.25, 0.3) is 5.89 Å². The molecule has 0 aliphatic carbocycles. The number of rotatable bonds is 1. The van der Waals surface area contributed by atoms with Gasteiger partial charge in [-0.3, -0.25) is 0 Å². The van der Waals surface area contributed by atoms with E-state index >= 15 is 0 Å². The highest BCUT2D eigenvalue weighted by molar-refractivity contribution is 5.92. The third-order valence-electron chi connectivity index (χ3n) is 0.791. The Morgan fingerprint density at radius 1 is 1.78 bits per heavy atom. The number of hydrogen-bond acceptors (Lipinski definition) is 4. The number of hydrazone groups is 1. The average Bonchev–Trinajstić information content (AvgIpc) is 2.37. The molecule has 0 amide bonds. The van der Waals surface area contributed by atoms with Crippen LogP contribution in [0.4, 0.5) is 0 Å². The van der Waals surface area contributed by atoms with Gasteiger partial charge in [-0.2, -0.15) is 5.10 Å². The lowest BCUT2D eigenvalue weighted by atomic mass is 10.6. The van der Waals surface area contributed by atoms with Crippen molar-refractivity contribution in [2.75, 3.05) is 0 Å². The van der Waals surface area contributed by atoms with Gasteiger partial charge in [-0.15, -0.1) is 0 Å². The fourth-order valence-corrected chi connectivity index (χ4v) is 0.405. The molecule has 5 heteroatoms. The van der Waals surface area contributed by atoms with E-state index in [-0.39, 0.29) is 11.7 Å². The minimum atomic E-state index is 0.0972. The number of hydrogen-bond donors (Lipinski definition) is 2. The van der Waals surface area contributed by atoms with Gasteiger partial charge in [0, 0.05) is 0 Å². The Morgan fingerprint density at radius 2 is 2.56 bits per heavy atom. The molecule has 48 valence electrons. The van der Waals surface area contributed by atoms with Gasteiger partial charge in [-0.25, -0.2) is 4.98 Å². The molecule has 0 aliphatic heterocycles. The van der Waals surface area contributed by atoms with E-state index in [1.165, 1.54) is 12.5 Å². The fourth-order valence-electron chi connectivity index (χ4n) is 0.405. The Labute approximate surface area is 51.4 Å². The van der Waals surface area contributed by atoms with Crippen LogP contribution >= 0.6 is 0 Å². The SMILES string of the molecule is N/N=C(/N)c1ncco1. The van der Waals surface area contributed by atoms with Crippen LogP contribution in [0.1, 0.15) is 5.89 Å². The van der Waals surface area contributed by atoms with Crippen LogP contribution in [0.2, 0.25) is 0 Å². The van der Waals surface area contributed by atoms with Crippen LogP contribution in [0, 0.1) is 0 Å². The first-order valence-corrected chi connectivity index (χ1v) is 2.28. The monoisotopic (exact) mass is 126 g/mol. The Hall–Kier alpha value is -1.52. The summed E-state index contributed by atoms with van der Waals surface area (Å²) < 4.78 is 4.74. The van der Waals surface area contributed by atoms with Gasteiger partial charge in [-0.05, 0) is 0 Å². The zero-order chi connectivity index (χ0) is 6.69. The van der Waals surface area contributed by atoms with Crippen molar-refractivity contribution in [3.8, 4) is 0 Å². The van der Waals surface area contributed by atoms with Crippen LogP contribution in [0.3, 0.4) is 0 Å². The lowest BCUT2D eigenvalue weighted by molar-refractivity contribution is 0.546. The first kappa shape index (κ1) is 5.61. The van der Waals surface area contributed by atoms with Gasteiger partial charge < -0.3 is 16.0 Å². The third kappa shape index (κ3) is 0.987. The minimum Gasteiger partial charge on any atom is -0.442 e. The lowest BCUT2D eigenvalue weighted by Gasteiger charge is -1.86. The summed E-state index contributed by atoms with van der Waals surface area (Å²) in [6.45, 7) is 0. The molecule has 0 saturated heterocycles. The Balaban J connectivity index is 2.90. The van der Waals surface area contributed by atoms with E-state index in [2.05, 4.69) is 10.1 Å². The molecule has 0 bridgehead atoms. The van der Waals surface area contributed by atoms with Crippen molar-refractivity contribution >= 4 is 5.84 Å². The van der Waals surface area contributed by atoms with Crippen LogP contribution in [-0.2, 0) is 0 Å². The molecule has 1 aromatic heterocycles. The number of oxazole rings is 1. The molecule has 0 unspecified atom stereocenters. The van der Waals surface area contributed by atoms with E-state index in [0.29, 0.717) is 0 Å². The van der Waals surface area contributed by atoms with Crippen molar-refractivity contribution in [2.45, 2.75) is 0 Å². The zero-order valence-electron chi connectivity index (χ0n) is 4.61. The number of nitrogens with zero attached hydrogens (tertiary/aromatic N) is 2. The molecule has 1 heterocycles. The molecule has 0 atom stereocenters. The van der Waals surface area contributed by atoms with Gasteiger partial charge >= 0.3 is 0 Å². The van der Waals surface area contributed by atoms with E-state index in [9.17, 15) is 0 Å². The summed E-state index contributed by atoms with van der Waals surface area (Å²) in [7, 11) is 0. The predicted octanol–water partition coefficient (Wildman–Crippen LogP) is -0.746. The number of nitrogens with two attached hydrogens (primary N) is 2. The highest BCUT2D eigenvalue weighted by Crippen LogP contribution is 1.90. The Morgan fingerprint density at radius 3 is 3.00 bits per heavy atom. The van der Waals surface area contributed by atoms with Gasteiger partial charge in [0.1, 0.15) is 6.26 Å². The second-order valence-electron chi connectivity index (χ2n) is 1.35. The smallest absolute Gasteiger partial charge is 0.264 e. The molecule has 0 aromatic carbocycles. The van der Waals surface area contributed by atoms with Crippen LogP contribution in [0.5, 0.6) is 0 Å². The summed E-state index contributed by atoms with van der Waals surface area (Å²) >= 11 is 0. The van der Waals surface area contributed by atoms with Crippen molar-refractivity contribution in [1.29, 1.82) is 0 Å². The van der Waals surface area contributed by atoms with Crippen LogP contribution in [-0.4, -0.2) is 10.8 Å². The van der Waals surface area contributed by atoms with E-state index in [1.807, 2.05) is 0 Å². The second-order valence-corrected chi connectivity index (χ2v) is 1.35. The molecule has 0 aliphatic rings. The first-order chi connectivity index (χ1) is 4.34. The predicted molar refractivity (Wildman–Crippen MR) is 31.4 cm³/mol. The van der Waals surface area contributed by atoms with E-state index in [4.69, 9.17) is 16.0 Å². The van der Waals surface area contributed by atoms with Crippen molar-refractivity contribution in [3.05, 3.63) is 18.4 Å². The average molecular weight is 126 g/mol. The van der Waals surface area contributed by atoms with E-state index in [1.54, 1.807) is 0 Å². The van der Waals surface area contributed by atoms with Gasteiger partial charge in [-0.1, -0.05) is 0 Å². The Kier molecular flexibility index (Phi) is 1.35. The zero-order valence-corrected chi connectivity index (χ0v) is 4.61. The largest absolute Gasteiger partial charge is 0.442 e. The highest BCUT2D eigenvalue weighted by atomic mass is 16.3. The Bertz CT molecular complexity index is 202. The van der Waals surface area contributed by atoms with Crippen molar-refractivity contribution in [3.63, 3.8) is 0 Å². The molecule has 0 fully saturated rings. The molecular formula is C4H6N4O. The second kappa shape index (κ2) is 2.17. The van der Waals surface area contributed by atoms with Gasteiger partial charge in [0.15, 0.2) is 0 Å². The summed E-state index contributed by atoms with van der Waals surface area (Å²) in [5.41, 5.74) is 5.21. The van der Waals surface area contributed by atoms with E-state index in [0.717, 1.165) is 0 Å². The summed E-state index contributed by atoms with van der Waals surface area (Å²) in [4.78, 5) is 3.68. The summed E-state index contributed by atoms with van der Waals surface area (Å²) in [5.74, 6) is 5.17. The minimum absolute atomic E-state index is 0.0972. The molecule has 5 nitrogen and oxygen atoms in total. The van der Waals surface area contributed by atoms with Crippen LogP contribution < -0.4 is 11.6 Å². The molecular weight excluding hydrogens is 120 g/mol. The third-order valence-corrected chi connectivity index (χ3v) is 0.791. The summed E-state index contributed by atoms with van der Waals surface area (Å²) in [6.07, 6.45) is 2.86. The molecule has 0 spiro atoms. The van der Waals surface area contributed by atoms with Crippen LogP contribution in [0.15, 0.2) is 22.0 Å². The number of amidine groups is 1. The summed E-state index contributed by atoms with van der Waals surface area (Å²) in [6, 6.07) is 0. The highest BCUT2D eigenvalue weighted by Gasteiger charge is 1.99. The van der Waals surface area contributed by atoms with Crippen molar-refractivity contribution < 1.29 is 4.42 Å². The first-order valence-electron chi connectivity index (χ1n) is 2.28. The fraction of sp³-hybridized carbons (Fsp3) is 0. The van der Waals surface area contributed by atoms with Crippen LogP contribution in [0.25, 0.3) is 0 Å². The van der Waals surface area contributed by atoms with Crippen molar-refractivity contribution in [1.82, 2.24) is 4.98 Å². The molecule has 1 aromatic rings. The maximum absolute atomic E-state index is 5.21. The normalized spacial score (nSPS) is 11.8. The van der Waals surface area contributed by atoms with Crippen molar-refractivity contribution in [2.24, 2.45) is 16.7 Å².